The van der Waals surface area contributed by atoms with E-state index in [-0.39, 0.29) is 6.61 Å². The second kappa shape index (κ2) is 4.54. The summed E-state index contributed by atoms with van der Waals surface area (Å²) in [6, 6.07) is 7.19. The van der Waals surface area contributed by atoms with Crippen molar-refractivity contribution >= 4 is 15.9 Å². The molecular formula is C10H6BrNO. The van der Waals surface area contributed by atoms with Crippen molar-refractivity contribution in [3.05, 3.63) is 28.2 Å². The van der Waals surface area contributed by atoms with Crippen LogP contribution in [-0.4, -0.2) is 6.61 Å². The van der Waals surface area contributed by atoms with Crippen molar-refractivity contribution in [2.45, 2.75) is 0 Å². The van der Waals surface area contributed by atoms with Gasteiger partial charge in [-0.05, 0) is 18.2 Å². The molecule has 1 aromatic rings. The molecule has 1 rings (SSSR count). The summed E-state index contributed by atoms with van der Waals surface area (Å²) < 4.78 is 6.03. The second-order valence-corrected chi connectivity index (χ2v) is 3.16. The molecule has 0 heterocycles. The molecule has 0 aliphatic heterocycles. The van der Waals surface area contributed by atoms with Gasteiger partial charge in [-0.2, -0.15) is 5.26 Å². The van der Waals surface area contributed by atoms with Crippen molar-refractivity contribution in [1.29, 1.82) is 5.26 Å². The van der Waals surface area contributed by atoms with Gasteiger partial charge in [0, 0.05) is 4.47 Å². The van der Waals surface area contributed by atoms with E-state index in [1.165, 1.54) is 0 Å². The zero-order valence-electron chi connectivity index (χ0n) is 6.75. The normalized spacial score (nSPS) is 8.54. The van der Waals surface area contributed by atoms with Crippen LogP contribution >= 0.6 is 15.9 Å². The molecule has 0 aromatic heterocycles. The van der Waals surface area contributed by atoms with Crippen LogP contribution in [-0.2, 0) is 0 Å². The van der Waals surface area contributed by atoms with Crippen molar-refractivity contribution in [3.63, 3.8) is 0 Å². The highest BCUT2D eigenvalue weighted by molar-refractivity contribution is 9.10. The summed E-state index contributed by atoms with van der Waals surface area (Å²) in [6.07, 6.45) is 5.04. The monoisotopic (exact) mass is 235 g/mol. The molecule has 0 spiro atoms. The molecule has 0 atom stereocenters. The fraction of sp³-hybridized carbons (Fsp3) is 0.100. The molecule has 0 bridgehead atoms. The lowest BCUT2D eigenvalue weighted by molar-refractivity contribution is 0.369. The zero-order valence-corrected chi connectivity index (χ0v) is 8.34. The maximum absolute atomic E-state index is 8.71. The van der Waals surface area contributed by atoms with Gasteiger partial charge in [0.15, 0.2) is 0 Å². The largest absolute Gasteiger partial charge is 0.480 e. The van der Waals surface area contributed by atoms with Gasteiger partial charge in [-0.3, -0.25) is 0 Å². The zero-order chi connectivity index (χ0) is 9.68. The van der Waals surface area contributed by atoms with E-state index < -0.39 is 0 Å². The summed E-state index contributed by atoms with van der Waals surface area (Å²) >= 11 is 3.28. The predicted octanol–water partition coefficient (Wildman–Crippen LogP) is 2.33. The third kappa shape index (κ3) is 2.50. The molecule has 0 amide bonds. The SMILES string of the molecule is C#CCOc1cc(Br)ccc1C#N. The van der Waals surface area contributed by atoms with E-state index >= 15 is 0 Å². The van der Waals surface area contributed by atoms with E-state index in [1.807, 2.05) is 6.07 Å². The number of benzene rings is 1. The first-order valence-electron chi connectivity index (χ1n) is 3.54. The first-order chi connectivity index (χ1) is 6.27. The van der Waals surface area contributed by atoms with Crippen LogP contribution in [0.2, 0.25) is 0 Å². The average Bonchev–Trinajstić information content (AvgIpc) is 2.15. The quantitative estimate of drug-likeness (QED) is 0.738. The lowest BCUT2D eigenvalue weighted by Gasteiger charge is -2.04. The Kier molecular flexibility index (Phi) is 3.37. The van der Waals surface area contributed by atoms with Crippen molar-refractivity contribution in [2.75, 3.05) is 6.61 Å². The van der Waals surface area contributed by atoms with E-state index in [0.717, 1.165) is 4.47 Å². The first-order valence-corrected chi connectivity index (χ1v) is 4.33. The Morgan fingerprint density at radius 2 is 2.31 bits per heavy atom. The van der Waals surface area contributed by atoms with Crippen molar-refractivity contribution < 1.29 is 4.74 Å². The molecule has 0 N–H and O–H groups in total. The number of hydrogen-bond donors (Lipinski definition) is 0. The molecule has 0 unspecified atom stereocenters. The molecule has 13 heavy (non-hydrogen) atoms. The molecule has 2 nitrogen and oxygen atoms in total. The summed E-state index contributed by atoms with van der Waals surface area (Å²) in [4.78, 5) is 0. The van der Waals surface area contributed by atoms with E-state index in [9.17, 15) is 0 Å². The Hall–Kier alpha value is -1.45. The van der Waals surface area contributed by atoms with Gasteiger partial charge in [0.1, 0.15) is 18.4 Å². The van der Waals surface area contributed by atoms with Gasteiger partial charge < -0.3 is 4.74 Å². The standard InChI is InChI=1S/C10H6BrNO/c1-2-5-13-10-6-9(11)4-3-8(10)7-12/h1,3-4,6H,5H2. The lowest BCUT2D eigenvalue weighted by Crippen LogP contribution is -1.95. The van der Waals surface area contributed by atoms with Gasteiger partial charge in [-0.25, -0.2) is 0 Å². The first kappa shape index (κ1) is 9.64. The number of rotatable bonds is 2. The van der Waals surface area contributed by atoms with Crippen LogP contribution in [0, 0.1) is 23.7 Å². The minimum absolute atomic E-state index is 0.172. The smallest absolute Gasteiger partial charge is 0.148 e. The van der Waals surface area contributed by atoms with Gasteiger partial charge in [-0.1, -0.05) is 21.9 Å². The number of nitriles is 1. The highest BCUT2D eigenvalue weighted by atomic mass is 79.9. The topological polar surface area (TPSA) is 33.0 Å². The minimum atomic E-state index is 0.172. The summed E-state index contributed by atoms with van der Waals surface area (Å²) in [5, 5.41) is 8.71. The molecule has 3 heteroatoms. The van der Waals surface area contributed by atoms with Gasteiger partial charge in [0.2, 0.25) is 0 Å². The van der Waals surface area contributed by atoms with Gasteiger partial charge in [0.25, 0.3) is 0 Å². The summed E-state index contributed by atoms with van der Waals surface area (Å²) in [6.45, 7) is 0.172. The van der Waals surface area contributed by atoms with Crippen LogP contribution in [0.5, 0.6) is 5.75 Å². The maximum atomic E-state index is 8.71. The van der Waals surface area contributed by atoms with Gasteiger partial charge in [-0.15, -0.1) is 6.42 Å². The Morgan fingerprint density at radius 1 is 1.54 bits per heavy atom. The lowest BCUT2D eigenvalue weighted by atomic mass is 10.2. The molecule has 0 radical (unpaired) electrons. The van der Waals surface area contributed by atoms with E-state index in [2.05, 4.69) is 21.9 Å². The van der Waals surface area contributed by atoms with Crippen LogP contribution in [0.15, 0.2) is 22.7 Å². The highest BCUT2D eigenvalue weighted by Gasteiger charge is 2.02. The third-order valence-electron chi connectivity index (χ3n) is 1.38. The minimum Gasteiger partial charge on any atom is -0.480 e. The summed E-state index contributed by atoms with van der Waals surface area (Å²) in [5.74, 6) is 2.85. The van der Waals surface area contributed by atoms with Crippen LogP contribution in [0.4, 0.5) is 0 Å². The van der Waals surface area contributed by atoms with Crippen LogP contribution in [0.1, 0.15) is 5.56 Å². The molecule has 0 saturated heterocycles. The van der Waals surface area contributed by atoms with E-state index in [0.29, 0.717) is 11.3 Å². The third-order valence-corrected chi connectivity index (χ3v) is 1.87. The van der Waals surface area contributed by atoms with E-state index in [4.69, 9.17) is 16.4 Å². The molecule has 0 fully saturated rings. The van der Waals surface area contributed by atoms with Crippen LogP contribution < -0.4 is 4.74 Å². The van der Waals surface area contributed by atoms with Gasteiger partial charge in [0.05, 0.1) is 5.56 Å². The van der Waals surface area contributed by atoms with Crippen LogP contribution in [0.25, 0.3) is 0 Å². The van der Waals surface area contributed by atoms with E-state index in [1.54, 1.807) is 18.2 Å². The fourth-order valence-corrected chi connectivity index (χ4v) is 1.17. The fourth-order valence-electron chi connectivity index (χ4n) is 0.827. The number of halogens is 1. The highest BCUT2D eigenvalue weighted by Crippen LogP contribution is 2.22. The van der Waals surface area contributed by atoms with Crippen LogP contribution in [0.3, 0.4) is 0 Å². The van der Waals surface area contributed by atoms with Gasteiger partial charge >= 0.3 is 0 Å². The van der Waals surface area contributed by atoms with Crippen molar-refractivity contribution in [1.82, 2.24) is 0 Å². The van der Waals surface area contributed by atoms with Crippen molar-refractivity contribution in [2.24, 2.45) is 0 Å². The maximum Gasteiger partial charge on any atom is 0.148 e. The summed E-state index contributed by atoms with van der Waals surface area (Å²) in [7, 11) is 0. The number of ether oxygens (including phenoxy) is 1. The molecule has 1 aromatic carbocycles. The number of hydrogen-bond acceptors (Lipinski definition) is 2. The molecular weight excluding hydrogens is 230 g/mol. The average molecular weight is 236 g/mol. The Morgan fingerprint density at radius 3 is 2.92 bits per heavy atom. The molecule has 0 aliphatic rings. The predicted molar refractivity (Wildman–Crippen MR) is 53.2 cm³/mol. The Labute approximate surface area is 85.3 Å². The molecule has 0 aliphatic carbocycles. The molecule has 64 valence electrons. The second-order valence-electron chi connectivity index (χ2n) is 2.25. The Balaban J connectivity index is 2.97. The Bertz CT molecular complexity index is 387. The molecule has 0 saturated carbocycles. The number of nitrogens with zero attached hydrogens (tertiary/aromatic N) is 1. The summed E-state index contributed by atoms with van der Waals surface area (Å²) in [5.41, 5.74) is 0.485. The van der Waals surface area contributed by atoms with Crippen molar-refractivity contribution in [3.8, 4) is 24.2 Å². The number of terminal acetylenes is 1.